The quantitative estimate of drug-likeness (QED) is 0.0431. The number of epoxide rings is 12. The number of allylic oxidation sites excluding steroid dienone is 5. The van der Waals surface area contributed by atoms with E-state index in [2.05, 4.69) is 46.7 Å². The molecule has 752 valence electrons. The summed E-state index contributed by atoms with van der Waals surface area (Å²) in [7, 11) is 0. The largest absolute Gasteiger partial charge is 0.371 e. The second-order valence-electron chi connectivity index (χ2n) is 38.9. The van der Waals surface area contributed by atoms with Gasteiger partial charge in [0.05, 0.1) is 231 Å². The minimum atomic E-state index is -1.35. The highest BCUT2D eigenvalue weighted by Gasteiger charge is 2.64. The number of hydrogen-bond acceptors (Lipinski definition) is 30. The third-order valence-electron chi connectivity index (χ3n) is 27.1. The molecule has 0 aromatic carbocycles. The van der Waals surface area contributed by atoms with E-state index in [4.69, 9.17) is 56.8 Å². The lowest BCUT2D eigenvalue weighted by molar-refractivity contribution is -0.162. The van der Waals surface area contributed by atoms with E-state index in [0.29, 0.717) is 111 Å². The first-order valence-electron chi connectivity index (χ1n) is 47.9. The minimum Gasteiger partial charge on any atom is -0.371 e. The van der Waals surface area contributed by atoms with Gasteiger partial charge in [-0.25, -0.2) is 28.8 Å². The molecule has 0 bridgehead atoms. The normalized spacial score (nSPS) is 31.4. The van der Waals surface area contributed by atoms with Crippen LogP contribution in [0.2, 0.25) is 0 Å². The predicted molar refractivity (Wildman–Crippen MR) is 478 cm³/mol. The molecule has 0 N–H and O–H groups in total. The Morgan fingerprint density at radius 2 is 0.401 bits per heavy atom. The van der Waals surface area contributed by atoms with Crippen LogP contribution in [0.1, 0.15) is 152 Å². The van der Waals surface area contributed by atoms with E-state index in [1.807, 2.05) is 41.5 Å². The molecule has 14 atom stereocenters. The summed E-state index contributed by atoms with van der Waals surface area (Å²) in [4.78, 5) is 244. The van der Waals surface area contributed by atoms with Gasteiger partial charge in [0.25, 0.3) is 0 Å². The standard InChI is InChI=1S/2C19H28N2O5.C17H24N2O5.C16H20N2O5.C14H20N2O5.C10H12N2O5/c2*1-4-6-13(3)8-19(7-5-2)16(22)20(9-14-11-25-14)18(24)21(17(19)23)10-15-12-26-15;1-4-5-17(6-11(2)3)14(20)18(7-12-9-23-12)16(22)19(15(17)21)8-13-10-24-13;1-3-5-16(6-4-2)13(19)17(7-11-9-22-11)15(21)18(14(16)20)8-12-10-23-12;1-3-14(4-2)11(17)15(5-9-7-20-9)13(19)16(12(14)18)6-10-8-21-10;13-8-1-9(14)12(3-7-5-17-7)10(15)11(8)2-6-4-16-6/h2*5,13-15H,2,4,6-12H2,1,3H3;4,11-13H,1,5-10H2,2-3H3;3-4,11-12H,1-2,5-10H2;9-10H,3-8H2,1-2H3;6-7H,1-5H2. The predicted octanol–water partition coefficient (Wildman–Crippen LogP) is 5.17. The molecule has 18 aliphatic heterocycles. The zero-order valence-electron chi connectivity index (χ0n) is 79.8. The van der Waals surface area contributed by atoms with Gasteiger partial charge in [0.15, 0.2) is 0 Å². The lowest BCUT2D eigenvalue weighted by Gasteiger charge is -2.44. The van der Waals surface area contributed by atoms with Gasteiger partial charge >= 0.3 is 36.2 Å². The third-order valence-corrected chi connectivity index (χ3v) is 27.1. The molecule has 24 amide bonds. The molecule has 0 aromatic heterocycles. The molecule has 18 heterocycles. The number of ether oxygens (including phenoxy) is 12. The fraction of sp³-hybridized carbons (Fsp3) is 0.705. The molecule has 137 heavy (non-hydrogen) atoms. The molecule has 0 aromatic rings. The van der Waals surface area contributed by atoms with Gasteiger partial charge in [0.1, 0.15) is 33.5 Å². The Morgan fingerprint density at radius 3 is 0.562 bits per heavy atom. The van der Waals surface area contributed by atoms with Crippen LogP contribution in [0.25, 0.3) is 0 Å². The van der Waals surface area contributed by atoms with Crippen molar-refractivity contribution < 1.29 is 143 Å². The van der Waals surface area contributed by atoms with Crippen LogP contribution in [0.5, 0.6) is 0 Å². The molecule has 18 fully saturated rings. The number of urea groups is 6. The van der Waals surface area contributed by atoms with Crippen molar-refractivity contribution in [3.05, 3.63) is 63.3 Å². The smallest absolute Gasteiger partial charge is 0.333 e. The number of amides is 24. The monoisotopic (exact) mass is 1920 g/mol. The van der Waals surface area contributed by atoms with Crippen LogP contribution in [-0.2, 0) is 114 Å². The van der Waals surface area contributed by atoms with E-state index in [1.54, 1.807) is 18.2 Å². The molecule has 14 unspecified atom stereocenters. The maximum atomic E-state index is 13.3. The summed E-state index contributed by atoms with van der Waals surface area (Å²) in [5.41, 5.74) is -6.24. The van der Waals surface area contributed by atoms with Crippen LogP contribution in [0.4, 0.5) is 28.8 Å². The Hall–Kier alpha value is -10.1. The Labute approximate surface area is 796 Å². The van der Waals surface area contributed by atoms with E-state index in [-0.39, 0.29) is 220 Å². The zero-order chi connectivity index (χ0) is 99.1. The van der Waals surface area contributed by atoms with Gasteiger partial charge in [-0.2, -0.15) is 0 Å². The molecule has 0 saturated carbocycles. The molecular formula is C95H132N12O30. The lowest BCUT2D eigenvalue weighted by Crippen LogP contribution is -2.66. The highest BCUT2D eigenvalue weighted by atomic mass is 16.6. The van der Waals surface area contributed by atoms with Gasteiger partial charge in [0, 0.05) is 0 Å². The van der Waals surface area contributed by atoms with Crippen LogP contribution in [0.15, 0.2) is 63.3 Å². The van der Waals surface area contributed by atoms with Crippen LogP contribution >= 0.6 is 0 Å². The molecular weight excluding hydrogens is 1790 g/mol. The molecule has 0 radical (unpaired) electrons. The second-order valence-corrected chi connectivity index (χ2v) is 38.9. The summed E-state index contributed by atoms with van der Waals surface area (Å²) in [6.45, 7) is 43.4. The SMILES string of the molecule is C=CCC1(CC(C)C)C(=O)N(CC2CO2)C(=O)N(CC2CO2)C1=O.C=CCC1(CC(C)CCC)C(=O)N(CC2CO2)C(=O)N(CC2CO2)C1=O.C=CCC1(CC(C)CCC)C(=O)N(CC2CO2)C(=O)N(CC2CO2)C1=O.C=CCC1(CC=C)C(=O)N(CC2CO2)C(=O)N(CC2CO2)C1=O.CCC1(CC)C(=O)N(CC2CO2)C(=O)N(CC2CO2)C1=O.O=C1CC(=O)N(CC2CO2)C(=O)N1CC1CO1. The van der Waals surface area contributed by atoms with Gasteiger partial charge in [0.2, 0.25) is 70.9 Å². The summed E-state index contributed by atoms with van der Waals surface area (Å²) in [6, 6.07) is -3.32. The Balaban J connectivity index is 0.000000139. The maximum Gasteiger partial charge on any atom is 0.333 e. The van der Waals surface area contributed by atoms with Gasteiger partial charge in [-0.3, -0.25) is 116 Å². The number of nitrogens with zero attached hydrogens (tertiary/aromatic N) is 12. The van der Waals surface area contributed by atoms with E-state index < -0.39 is 122 Å². The fourth-order valence-electron chi connectivity index (χ4n) is 18.7. The zero-order valence-corrected chi connectivity index (χ0v) is 79.8. The highest BCUT2D eigenvalue weighted by Crippen LogP contribution is 2.47. The van der Waals surface area contributed by atoms with Crippen molar-refractivity contribution in [2.24, 2.45) is 44.8 Å². The van der Waals surface area contributed by atoms with Gasteiger partial charge in [-0.15, -0.1) is 32.9 Å². The average Bonchev–Trinajstić information content (AvgIpc) is 1.25. The minimum absolute atomic E-state index is 0.0601. The molecule has 18 saturated heterocycles. The number of barbiturate groups is 6. The van der Waals surface area contributed by atoms with Crippen molar-refractivity contribution >= 4 is 107 Å². The van der Waals surface area contributed by atoms with Crippen LogP contribution in [0, 0.1) is 44.8 Å². The van der Waals surface area contributed by atoms with E-state index in [0.717, 1.165) is 45.3 Å². The first kappa shape index (κ1) is 104. The summed E-state index contributed by atoms with van der Waals surface area (Å²) in [6.07, 6.45) is 13.1. The van der Waals surface area contributed by atoms with Crippen molar-refractivity contribution in [2.45, 2.75) is 225 Å². The molecule has 0 spiro atoms. The van der Waals surface area contributed by atoms with E-state index in [1.165, 1.54) is 51.4 Å². The summed E-state index contributed by atoms with van der Waals surface area (Å²) in [5, 5.41) is 0. The van der Waals surface area contributed by atoms with E-state index in [9.17, 15) is 86.3 Å². The number of hydrogen-bond donors (Lipinski definition) is 0. The van der Waals surface area contributed by atoms with Crippen molar-refractivity contribution in [1.29, 1.82) is 0 Å². The Bertz CT molecular complexity index is 4330. The summed E-state index contributed by atoms with van der Waals surface area (Å²) >= 11 is 0. The van der Waals surface area contributed by atoms with E-state index >= 15 is 0 Å². The number of imide groups is 12. The maximum absolute atomic E-state index is 13.3. The van der Waals surface area contributed by atoms with Crippen molar-refractivity contribution in [2.75, 3.05) is 158 Å². The number of rotatable bonds is 46. The molecule has 42 heteroatoms. The summed E-state index contributed by atoms with van der Waals surface area (Å²) < 4.78 is 61.7. The molecule has 18 aliphatic rings. The lowest BCUT2D eigenvalue weighted by atomic mass is 9.72. The highest BCUT2D eigenvalue weighted by molar-refractivity contribution is 6.23. The first-order chi connectivity index (χ1) is 65.4. The topological polar surface area (TPSA) is 496 Å². The van der Waals surface area contributed by atoms with Crippen LogP contribution < -0.4 is 0 Å². The van der Waals surface area contributed by atoms with Gasteiger partial charge < -0.3 is 56.8 Å². The molecule has 18 rings (SSSR count). The van der Waals surface area contributed by atoms with Crippen molar-refractivity contribution in [1.82, 2.24) is 58.8 Å². The fourth-order valence-corrected chi connectivity index (χ4v) is 18.7. The van der Waals surface area contributed by atoms with Crippen molar-refractivity contribution in [3.8, 4) is 0 Å². The Morgan fingerprint density at radius 1 is 0.248 bits per heavy atom. The Kier molecular flexibility index (Phi) is 33.6. The third kappa shape index (κ3) is 24.5. The van der Waals surface area contributed by atoms with Gasteiger partial charge in [-0.1, -0.05) is 111 Å². The molecule has 42 nitrogen and oxygen atoms in total. The average molecular weight is 1920 g/mol. The van der Waals surface area contributed by atoms with Crippen LogP contribution in [-0.4, -0.2) is 397 Å². The summed E-state index contributed by atoms with van der Waals surface area (Å²) in [5.74, 6) is -4.57. The molecule has 0 aliphatic carbocycles. The number of carbonyl (C=O) groups is 18. The second kappa shape index (κ2) is 44.1. The van der Waals surface area contributed by atoms with Gasteiger partial charge in [-0.05, 0) is 82.0 Å². The van der Waals surface area contributed by atoms with Crippen LogP contribution in [0.3, 0.4) is 0 Å². The van der Waals surface area contributed by atoms with Crippen molar-refractivity contribution in [3.63, 3.8) is 0 Å². The number of carbonyl (C=O) groups excluding carboxylic acids is 18. The first-order valence-corrected chi connectivity index (χ1v) is 47.9.